The first-order valence-corrected chi connectivity index (χ1v) is 8.42. The highest BCUT2D eigenvalue weighted by Gasteiger charge is 2.23. The minimum Gasteiger partial charge on any atom is -0.347 e. The Labute approximate surface area is 122 Å². The summed E-state index contributed by atoms with van der Waals surface area (Å²) in [6.07, 6.45) is 3.88. The highest BCUT2D eigenvalue weighted by molar-refractivity contribution is 9.09. The summed E-state index contributed by atoms with van der Waals surface area (Å²) in [5.41, 5.74) is 0.584. The zero-order chi connectivity index (χ0) is 13.6. The maximum absolute atomic E-state index is 12.2. The van der Waals surface area contributed by atoms with Crippen LogP contribution in [0, 0.1) is 0 Å². The van der Waals surface area contributed by atoms with Gasteiger partial charge in [-0.3, -0.25) is 4.79 Å². The van der Waals surface area contributed by atoms with Gasteiger partial charge in [-0.05, 0) is 50.3 Å². The van der Waals surface area contributed by atoms with Crippen molar-refractivity contribution < 1.29 is 4.79 Å². The van der Waals surface area contributed by atoms with Gasteiger partial charge in [0.15, 0.2) is 0 Å². The van der Waals surface area contributed by atoms with E-state index in [1.807, 2.05) is 30.5 Å². The van der Waals surface area contributed by atoms with Gasteiger partial charge in [0.25, 0.3) is 5.91 Å². The molecule has 1 aromatic carbocycles. The summed E-state index contributed by atoms with van der Waals surface area (Å²) in [6.45, 7) is 4.18. The molecular weight excluding hydrogens is 310 g/mol. The highest BCUT2D eigenvalue weighted by atomic mass is 79.9. The van der Waals surface area contributed by atoms with E-state index in [-0.39, 0.29) is 11.4 Å². The van der Waals surface area contributed by atoms with Gasteiger partial charge in [-0.25, -0.2) is 0 Å². The Morgan fingerprint density at radius 3 is 2.44 bits per heavy atom. The van der Waals surface area contributed by atoms with Gasteiger partial charge in [0, 0.05) is 21.3 Å². The van der Waals surface area contributed by atoms with Crippen LogP contribution in [0.15, 0.2) is 29.2 Å². The van der Waals surface area contributed by atoms with E-state index in [4.69, 9.17) is 0 Å². The molecule has 0 fully saturated rings. The standard InChI is InChI=1S/C14H20BrNOS/c1-4-14(2,9-10-15)16-13(17)11-5-7-12(18-3)8-6-11/h5-8H,4,9-10H2,1-3H3,(H,16,17). The first-order valence-electron chi connectivity index (χ1n) is 6.07. The van der Waals surface area contributed by atoms with E-state index in [0.717, 1.165) is 23.7 Å². The zero-order valence-corrected chi connectivity index (χ0v) is 13.5. The monoisotopic (exact) mass is 329 g/mol. The van der Waals surface area contributed by atoms with E-state index in [0.29, 0.717) is 0 Å². The number of benzene rings is 1. The average Bonchev–Trinajstić information content (AvgIpc) is 2.39. The van der Waals surface area contributed by atoms with Gasteiger partial charge >= 0.3 is 0 Å². The minimum absolute atomic E-state index is 0.00736. The number of hydrogen-bond acceptors (Lipinski definition) is 2. The smallest absolute Gasteiger partial charge is 0.251 e. The van der Waals surface area contributed by atoms with Crippen LogP contribution in [0.1, 0.15) is 37.0 Å². The zero-order valence-electron chi connectivity index (χ0n) is 11.1. The van der Waals surface area contributed by atoms with E-state index in [1.165, 1.54) is 4.90 Å². The molecule has 0 aliphatic rings. The molecule has 1 rings (SSSR count). The molecule has 1 unspecified atom stereocenters. The van der Waals surface area contributed by atoms with E-state index >= 15 is 0 Å². The van der Waals surface area contributed by atoms with Gasteiger partial charge < -0.3 is 5.32 Å². The topological polar surface area (TPSA) is 29.1 Å². The molecule has 0 aromatic heterocycles. The number of amides is 1. The third kappa shape index (κ3) is 4.32. The fraction of sp³-hybridized carbons (Fsp3) is 0.500. The second kappa shape index (κ2) is 7.19. The third-order valence-corrected chi connectivity index (χ3v) is 4.33. The molecule has 0 aliphatic carbocycles. The quantitative estimate of drug-likeness (QED) is 0.629. The van der Waals surface area contributed by atoms with Crippen LogP contribution >= 0.6 is 27.7 Å². The summed E-state index contributed by atoms with van der Waals surface area (Å²) >= 11 is 5.11. The molecule has 100 valence electrons. The van der Waals surface area contributed by atoms with Crippen molar-refractivity contribution in [2.45, 2.75) is 37.1 Å². The number of thioether (sulfide) groups is 1. The van der Waals surface area contributed by atoms with Crippen LogP contribution in [-0.4, -0.2) is 23.0 Å². The van der Waals surface area contributed by atoms with Crippen LogP contribution in [0.3, 0.4) is 0 Å². The second-order valence-electron chi connectivity index (χ2n) is 4.54. The SMILES string of the molecule is CCC(C)(CCBr)NC(=O)c1ccc(SC)cc1. The summed E-state index contributed by atoms with van der Waals surface area (Å²) in [6, 6.07) is 7.72. The Bertz CT molecular complexity index is 393. The fourth-order valence-corrected chi connectivity index (χ4v) is 2.91. The molecule has 0 saturated heterocycles. The highest BCUT2D eigenvalue weighted by Crippen LogP contribution is 2.18. The molecule has 1 N–H and O–H groups in total. The summed E-state index contributed by atoms with van der Waals surface area (Å²) in [5, 5.41) is 4.01. The first-order chi connectivity index (χ1) is 8.54. The van der Waals surface area contributed by atoms with Gasteiger partial charge in [0.2, 0.25) is 0 Å². The van der Waals surface area contributed by atoms with E-state index in [9.17, 15) is 4.79 Å². The van der Waals surface area contributed by atoms with E-state index in [1.54, 1.807) is 11.8 Å². The van der Waals surface area contributed by atoms with Crippen LogP contribution < -0.4 is 5.32 Å². The van der Waals surface area contributed by atoms with Crippen molar-refractivity contribution in [1.82, 2.24) is 5.32 Å². The molecule has 1 amide bonds. The van der Waals surface area contributed by atoms with Crippen molar-refractivity contribution >= 4 is 33.6 Å². The summed E-state index contributed by atoms with van der Waals surface area (Å²) in [7, 11) is 0. The first kappa shape index (κ1) is 15.6. The molecule has 2 nitrogen and oxygen atoms in total. The Hall–Kier alpha value is -0.480. The Morgan fingerprint density at radius 1 is 1.39 bits per heavy atom. The molecule has 4 heteroatoms. The van der Waals surface area contributed by atoms with Crippen LogP contribution in [0.25, 0.3) is 0 Å². The molecule has 1 aromatic rings. The molecule has 18 heavy (non-hydrogen) atoms. The lowest BCUT2D eigenvalue weighted by atomic mass is 9.95. The van der Waals surface area contributed by atoms with Crippen molar-refractivity contribution in [3.05, 3.63) is 29.8 Å². The predicted molar refractivity (Wildman–Crippen MR) is 82.8 cm³/mol. The number of hydrogen-bond donors (Lipinski definition) is 1. The number of halogens is 1. The Balaban J connectivity index is 2.74. The molecule has 1 atom stereocenters. The molecule has 0 aliphatic heterocycles. The summed E-state index contributed by atoms with van der Waals surface area (Å²) < 4.78 is 0. The lowest BCUT2D eigenvalue weighted by molar-refractivity contribution is 0.0902. The number of carbonyl (C=O) groups is 1. The predicted octanol–water partition coefficient (Wildman–Crippen LogP) is 4.09. The molecule has 0 spiro atoms. The summed E-state index contributed by atoms with van der Waals surface area (Å²) in [5.74, 6) is 0.00736. The van der Waals surface area contributed by atoms with Crippen LogP contribution in [0.4, 0.5) is 0 Å². The molecule has 0 radical (unpaired) electrons. The minimum atomic E-state index is -0.140. The lowest BCUT2D eigenvalue weighted by Gasteiger charge is -2.29. The fourth-order valence-electron chi connectivity index (χ4n) is 1.62. The van der Waals surface area contributed by atoms with Crippen molar-refractivity contribution in [3.63, 3.8) is 0 Å². The van der Waals surface area contributed by atoms with Crippen LogP contribution in [0.5, 0.6) is 0 Å². The van der Waals surface area contributed by atoms with E-state index < -0.39 is 0 Å². The van der Waals surface area contributed by atoms with Crippen LogP contribution in [-0.2, 0) is 0 Å². The molecule has 0 saturated carbocycles. The van der Waals surface area contributed by atoms with Crippen molar-refractivity contribution in [1.29, 1.82) is 0 Å². The molecule has 0 bridgehead atoms. The van der Waals surface area contributed by atoms with Gasteiger partial charge in [0.1, 0.15) is 0 Å². The number of carbonyl (C=O) groups excluding carboxylic acids is 1. The second-order valence-corrected chi connectivity index (χ2v) is 6.21. The normalized spacial score (nSPS) is 14.0. The average molecular weight is 330 g/mol. The van der Waals surface area contributed by atoms with Crippen molar-refractivity contribution in [2.24, 2.45) is 0 Å². The van der Waals surface area contributed by atoms with E-state index in [2.05, 4.69) is 35.1 Å². The number of nitrogens with one attached hydrogen (secondary N) is 1. The number of rotatable bonds is 6. The maximum Gasteiger partial charge on any atom is 0.251 e. The van der Waals surface area contributed by atoms with Crippen molar-refractivity contribution in [3.8, 4) is 0 Å². The largest absolute Gasteiger partial charge is 0.347 e. The van der Waals surface area contributed by atoms with Gasteiger partial charge in [-0.1, -0.05) is 22.9 Å². The molecular formula is C14H20BrNOS. The van der Waals surface area contributed by atoms with Gasteiger partial charge in [-0.15, -0.1) is 11.8 Å². The van der Waals surface area contributed by atoms with Crippen LogP contribution in [0.2, 0.25) is 0 Å². The Morgan fingerprint density at radius 2 is 2.00 bits per heavy atom. The van der Waals surface area contributed by atoms with Gasteiger partial charge in [-0.2, -0.15) is 0 Å². The van der Waals surface area contributed by atoms with Gasteiger partial charge in [0.05, 0.1) is 0 Å². The molecule has 0 heterocycles. The Kier molecular flexibility index (Phi) is 6.22. The maximum atomic E-state index is 12.2. The van der Waals surface area contributed by atoms with Crippen molar-refractivity contribution in [2.75, 3.05) is 11.6 Å². The lowest BCUT2D eigenvalue weighted by Crippen LogP contribution is -2.45. The third-order valence-electron chi connectivity index (χ3n) is 3.19. The summed E-state index contributed by atoms with van der Waals surface area (Å²) in [4.78, 5) is 13.3. The number of alkyl halides is 1.